The number of rotatable bonds is 3. The fourth-order valence-electron chi connectivity index (χ4n) is 4.88. The Bertz CT molecular complexity index is 1070. The number of anilines is 2. The summed E-state index contributed by atoms with van der Waals surface area (Å²) in [5, 5.41) is 5.90. The maximum absolute atomic E-state index is 13.1. The Hall–Kier alpha value is -3.35. The maximum Gasteiger partial charge on any atom is 0.255 e. The lowest BCUT2D eigenvalue weighted by molar-refractivity contribution is -0.136. The number of nitrogens with one attached hydrogen (secondary N) is 2. The summed E-state index contributed by atoms with van der Waals surface area (Å²) in [4.78, 5) is 41.0. The lowest BCUT2D eigenvalue weighted by atomic mass is 10.0. The molecule has 7 heteroatoms. The summed E-state index contributed by atoms with van der Waals surface area (Å²) in [6, 6.07) is 13.6. The molecule has 3 aliphatic rings. The zero-order valence-electron chi connectivity index (χ0n) is 17.6. The van der Waals surface area contributed by atoms with Crippen LogP contribution >= 0.6 is 0 Å². The standard InChI is InChI=1S/C24H26N4O3/c1-15-11-25-19-7-2-3-8-20(19)27(12-15)13-16-5-4-6-17-18(16)14-28(24(17)31)21-9-10-22(29)26-23(21)30/h2-8,15,21,25H,9-14H2,1H3,(H,26,29,30). The number of carbonyl (C=O) groups is 3. The Labute approximate surface area is 181 Å². The lowest BCUT2D eigenvalue weighted by Crippen LogP contribution is -2.52. The van der Waals surface area contributed by atoms with Crippen molar-refractivity contribution in [3.63, 3.8) is 0 Å². The minimum atomic E-state index is -0.589. The molecule has 3 amide bonds. The van der Waals surface area contributed by atoms with Crippen LogP contribution < -0.4 is 15.5 Å². The van der Waals surface area contributed by atoms with Gasteiger partial charge in [-0.1, -0.05) is 31.2 Å². The molecule has 2 unspecified atom stereocenters. The van der Waals surface area contributed by atoms with E-state index in [-0.39, 0.29) is 24.1 Å². The van der Waals surface area contributed by atoms with Gasteiger partial charge in [-0.25, -0.2) is 0 Å². The Morgan fingerprint density at radius 1 is 1.06 bits per heavy atom. The van der Waals surface area contributed by atoms with E-state index in [2.05, 4.69) is 40.7 Å². The normalized spacial score (nSPS) is 23.1. The van der Waals surface area contributed by atoms with Gasteiger partial charge in [-0.05, 0) is 41.7 Å². The second-order valence-electron chi connectivity index (χ2n) is 8.73. The fraction of sp³-hybridized carbons (Fsp3) is 0.375. The monoisotopic (exact) mass is 418 g/mol. The molecule has 2 atom stereocenters. The largest absolute Gasteiger partial charge is 0.383 e. The molecule has 2 aromatic carbocycles. The smallest absolute Gasteiger partial charge is 0.255 e. The van der Waals surface area contributed by atoms with Crippen molar-refractivity contribution in [2.75, 3.05) is 23.3 Å². The number of imide groups is 1. The molecule has 0 aliphatic carbocycles. The van der Waals surface area contributed by atoms with E-state index < -0.39 is 6.04 Å². The molecule has 3 aliphatic heterocycles. The first-order valence-corrected chi connectivity index (χ1v) is 10.8. The number of fused-ring (bicyclic) bond motifs is 2. The molecule has 0 spiro atoms. The first kappa shape index (κ1) is 19.6. The number of nitrogens with zero attached hydrogens (tertiary/aromatic N) is 2. The molecule has 0 bridgehead atoms. The summed E-state index contributed by atoms with van der Waals surface area (Å²) in [6.45, 7) is 5.17. The molecule has 2 aromatic rings. The van der Waals surface area contributed by atoms with E-state index in [9.17, 15) is 14.4 Å². The third kappa shape index (κ3) is 3.54. The maximum atomic E-state index is 13.1. The van der Waals surface area contributed by atoms with Gasteiger partial charge < -0.3 is 15.1 Å². The Morgan fingerprint density at radius 3 is 2.74 bits per heavy atom. The first-order chi connectivity index (χ1) is 15.0. The van der Waals surface area contributed by atoms with Crippen LogP contribution in [0.2, 0.25) is 0 Å². The minimum Gasteiger partial charge on any atom is -0.383 e. The van der Waals surface area contributed by atoms with Gasteiger partial charge in [0, 0.05) is 38.2 Å². The molecule has 2 N–H and O–H groups in total. The van der Waals surface area contributed by atoms with E-state index in [0.717, 1.165) is 35.6 Å². The molecule has 1 fully saturated rings. The predicted octanol–water partition coefficient (Wildman–Crippen LogP) is 2.52. The van der Waals surface area contributed by atoms with Gasteiger partial charge in [0.05, 0.1) is 11.4 Å². The van der Waals surface area contributed by atoms with Gasteiger partial charge in [-0.15, -0.1) is 0 Å². The Morgan fingerprint density at radius 2 is 1.90 bits per heavy atom. The van der Waals surface area contributed by atoms with E-state index in [4.69, 9.17) is 0 Å². The summed E-state index contributed by atoms with van der Waals surface area (Å²) >= 11 is 0. The van der Waals surface area contributed by atoms with E-state index in [0.29, 0.717) is 31.0 Å². The van der Waals surface area contributed by atoms with Crippen molar-refractivity contribution in [3.05, 3.63) is 59.2 Å². The highest BCUT2D eigenvalue weighted by Crippen LogP contribution is 2.34. The van der Waals surface area contributed by atoms with Gasteiger partial charge >= 0.3 is 0 Å². The first-order valence-electron chi connectivity index (χ1n) is 10.8. The predicted molar refractivity (Wildman–Crippen MR) is 118 cm³/mol. The van der Waals surface area contributed by atoms with Crippen molar-refractivity contribution in [2.45, 2.75) is 38.9 Å². The summed E-state index contributed by atoms with van der Waals surface area (Å²) in [5.74, 6) is -0.294. The van der Waals surface area contributed by atoms with Crippen molar-refractivity contribution in [3.8, 4) is 0 Å². The van der Waals surface area contributed by atoms with Gasteiger partial charge in [-0.3, -0.25) is 19.7 Å². The summed E-state index contributed by atoms with van der Waals surface area (Å²) < 4.78 is 0. The van der Waals surface area contributed by atoms with Crippen LogP contribution in [0.4, 0.5) is 11.4 Å². The van der Waals surface area contributed by atoms with Crippen LogP contribution in [-0.2, 0) is 22.7 Å². The zero-order chi connectivity index (χ0) is 21.5. The van der Waals surface area contributed by atoms with E-state index >= 15 is 0 Å². The second-order valence-corrected chi connectivity index (χ2v) is 8.73. The number of benzene rings is 2. The average molecular weight is 418 g/mol. The molecule has 7 nitrogen and oxygen atoms in total. The molecule has 1 saturated heterocycles. The van der Waals surface area contributed by atoms with Crippen molar-refractivity contribution >= 4 is 29.1 Å². The van der Waals surface area contributed by atoms with Crippen LogP contribution in [0.3, 0.4) is 0 Å². The average Bonchev–Trinajstić information content (AvgIpc) is 3.00. The topological polar surface area (TPSA) is 81.8 Å². The molecule has 31 heavy (non-hydrogen) atoms. The minimum absolute atomic E-state index is 0.127. The lowest BCUT2D eigenvalue weighted by Gasteiger charge is -2.29. The number of piperidine rings is 1. The molecule has 5 rings (SSSR count). The van der Waals surface area contributed by atoms with Crippen LogP contribution in [0.15, 0.2) is 42.5 Å². The Balaban J connectivity index is 1.44. The fourth-order valence-corrected chi connectivity index (χ4v) is 4.88. The van der Waals surface area contributed by atoms with Crippen LogP contribution in [0.5, 0.6) is 0 Å². The molecule has 0 saturated carbocycles. The van der Waals surface area contributed by atoms with Crippen molar-refractivity contribution < 1.29 is 14.4 Å². The number of hydrogen-bond acceptors (Lipinski definition) is 5. The van der Waals surface area contributed by atoms with Gasteiger partial charge in [-0.2, -0.15) is 0 Å². The van der Waals surface area contributed by atoms with Gasteiger partial charge in [0.1, 0.15) is 6.04 Å². The van der Waals surface area contributed by atoms with Gasteiger partial charge in [0.2, 0.25) is 11.8 Å². The molecule has 0 radical (unpaired) electrons. The summed E-state index contributed by atoms with van der Waals surface area (Å²) in [5.41, 5.74) is 5.04. The highest BCUT2D eigenvalue weighted by atomic mass is 16.2. The summed E-state index contributed by atoms with van der Waals surface area (Å²) in [7, 11) is 0. The van der Waals surface area contributed by atoms with Gasteiger partial charge in [0.25, 0.3) is 5.91 Å². The number of amides is 3. The zero-order valence-corrected chi connectivity index (χ0v) is 17.6. The number of hydrogen-bond donors (Lipinski definition) is 2. The highest BCUT2D eigenvalue weighted by molar-refractivity contribution is 6.05. The van der Waals surface area contributed by atoms with Crippen molar-refractivity contribution in [1.29, 1.82) is 0 Å². The SMILES string of the molecule is CC1CNc2ccccc2N(Cc2cccc3c2CN(C2CCC(=O)NC2=O)C3=O)C1. The highest BCUT2D eigenvalue weighted by Gasteiger charge is 2.39. The van der Waals surface area contributed by atoms with Crippen molar-refractivity contribution in [1.82, 2.24) is 10.2 Å². The molecule has 160 valence electrons. The van der Waals surface area contributed by atoms with E-state index in [1.54, 1.807) is 4.90 Å². The van der Waals surface area contributed by atoms with Crippen LogP contribution in [0.1, 0.15) is 41.3 Å². The Kier molecular flexibility index (Phi) is 4.88. The third-order valence-corrected chi connectivity index (χ3v) is 6.46. The molecular weight excluding hydrogens is 392 g/mol. The summed E-state index contributed by atoms with van der Waals surface area (Å²) in [6.07, 6.45) is 0.640. The second kappa shape index (κ2) is 7.72. The number of para-hydroxylation sites is 2. The van der Waals surface area contributed by atoms with Crippen LogP contribution in [-0.4, -0.2) is 41.8 Å². The van der Waals surface area contributed by atoms with E-state index in [1.165, 1.54) is 0 Å². The third-order valence-electron chi connectivity index (χ3n) is 6.46. The molecule has 3 heterocycles. The van der Waals surface area contributed by atoms with Crippen LogP contribution in [0, 0.1) is 5.92 Å². The van der Waals surface area contributed by atoms with Gasteiger partial charge in [0.15, 0.2) is 0 Å². The molecular formula is C24H26N4O3. The van der Waals surface area contributed by atoms with Crippen LogP contribution in [0.25, 0.3) is 0 Å². The number of carbonyl (C=O) groups excluding carboxylic acids is 3. The molecule has 0 aromatic heterocycles. The van der Waals surface area contributed by atoms with Crippen molar-refractivity contribution in [2.24, 2.45) is 5.92 Å². The quantitative estimate of drug-likeness (QED) is 0.749. The van der Waals surface area contributed by atoms with E-state index in [1.807, 2.05) is 24.3 Å².